The second-order valence-corrected chi connectivity index (χ2v) is 33.9. The number of ether oxygens (including phenoxy) is 7. The number of fused-ring (bicyclic) bond motifs is 15. The summed E-state index contributed by atoms with van der Waals surface area (Å²) in [6.07, 6.45) is -25.4. The number of phenolic OH excluding ortho intramolecular Hbond substituents is 3. The predicted octanol–water partition coefficient (Wildman–Crippen LogP) is 2.64. The molecule has 2 fully saturated rings. The molecule has 39 heteroatoms. The standard InChI is InChI=1S/C89H105Cl2N7O30/c1-7-41-12-14-42(15-13-41)34-94-89(6)33-67(123-40(5)82(89)117)127-81-79(116)77(114)65(37-100)126-88(81)128-80-63-28-47-29-64(80)125-62-21-18-46(26-54(62)91)73(110)71-86(121)98-87(122-38-101)51-32-57(104)52(35-93-22-10-9-11-56(103)75(112)78(115)76(113)60(107)36-99)74(111)68(51)50-24-44(16-19-55(50)102)49(85(120)97-71)31-59(106)69(47)95-84(119)48(30-66(92)108)27-58(105)70(96-83(118)43(8-2)23-39(3)4)72(109)45-17-20-61(124-63)53(90)25-45/h1,12-21,24-26,28-29,32,38-40,43,48-49,60,65,67,69-73,75-79,81-82,87-88,93-94,99-100,102,104,107,109-117H,8-11,22-23,27,30-31,33-37H2,2-6H3,(H2,92,108)(H,95,119)(H,96,118)(H,97,120)(H,98,121)/t40-,43+,48-,49-,60+,65+,67-,69+,70-,71-,72+,73+,75-,76+,77?,78+,79?,81+,82+,87+,88-,89?/m0/s1. The Labute approximate surface area is 744 Å². The third-order valence-corrected chi connectivity index (χ3v) is 24.1. The molecule has 6 aromatic carbocycles. The molecular formula is C89H105Cl2N7O30. The summed E-state index contributed by atoms with van der Waals surface area (Å²) in [5.41, 5.74) is 3.13. The van der Waals surface area contributed by atoms with Crippen LogP contribution in [-0.4, -0.2) is 236 Å². The number of primary amides is 1. The number of phenols is 3. The molecule has 13 rings (SSSR count). The highest BCUT2D eigenvalue weighted by atomic mass is 35.5. The summed E-state index contributed by atoms with van der Waals surface area (Å²) in [6.45, 7) is 6.30. The van der Waals surface area contributed by atoms with Gasteiger partial charge < -0.3 is 142 Å². The molecule has 6 aromatic rings. The number of hydrogen-bond acceptors (Lipinski definition) is 32. The third-order valence-electron chi connectivity index (χ3n) is 23.5. The van der Waals surface area contributed by atoms with Crippen molar-refractivity contribution in [3.05, 3.63) is 152 Å². The summed E-state index contributed by atoms with van der Waals surface area (Å²) in [7, 11) is 0. The van der Waals surface area contributed by atoms with E-state index in [-0.39, 0.29) is 90.6 Å². The molecular weight excluding hydrogens is 1720 g/mol. The number of benzene rings is 6. The zero-order valence-electron chi connectivity index (χ0n) is 70.1. The van der Waals surface area contributed by atoms with Gasteiger partial charge in [-0.3, -0.25) is 43.2 Å². The first-order valence-electron chi connectivity index (χ1n) is 41.5. The van der Waals surface area contributed by atoms with Crippen LogP contribution in [-0.2, 0) is 75.2 Å². The van der Waals surface area contributed by atoms with E-state index in [1.165, 1.54) is 24.3 Å². The molecule has 37 nitrogen and oxygen atoms in total. The van der Waals surface area contributed by atoms with E-state index in [2.05, 4.69) is 37.8 Å². The minimum atomic E-state index is -2.27. The van der Waals surface area contributed by atoms with E-state index in [0.29, 0.717) is 12.0 Å². The van der Waals surface area contributed by atoms with E-state index in [9.17, 15) is 90.7 Å². The Balaban J connectivity index is 1.09. The van der Waals surface area contributed by atoms with Crippen LogP contribution in [0.25, 0.3) is 11.1 Å². The Morgan fingerprint density at radius 2 is 1.40 bits per heavy atom. The summed E-state index contributed by atoms with van der Waals surface area (Å²) in [6, 6.07) is 14.0. The summed E-state index contributed by atoms with van der Waals surface area (Å²) in [4.78, 5) is 132. The van der Waals surface area contributed by atoms with Gasteiger partial charge in [-0.25, -0.2) is 0 Å². The van der Waals surface area contributed by atoms with E-state index in [1.807, 2.05) is 13.8 Å². The number of hydrogen-bond donors (Lipinski definition) is 21. The van der Waals surface area contributed by atoms with E-state index < -0.39 is 287 Å². The number of nitrogens with one attached hydrogen (secondary N) is 6. The number of ketones is 3. The molecule has 5 amide bonds. The average molecular weight is 1820 g/mol. The maximum absolute atomic E-state index is 16.6. The number of carbonyl (C=O) groups is 9. The molecule has 0 aliphatic carbocycles. The molecule has 3 unspecified atom stereocenters. The van der Waals surface area contributed by atoms with Crippen molar-refractivity contribution in [2.45, 2.75) is 227 Å². The lowest BCUT2D eigenvalue weighted by Crippen LogP contribution is -2.65. The number of nitrogens with two attached hydrogens (primary N) is 1. The lowest BCUT2D eigenvalue weighted by Gasteiger charge is -2.48. The number of rotatable bonds is 29. The minimum Gasteiger partial charge on any atom is -0.507 e. The highest BCUT2D eigenvalue weighted by molar-refractivity contribution is 6.32. The van der Waals surface area contributed by atoms with Gasteiger partial charge in [0, 0.05) is 78.9 Å². The van der Waals surface area contributed by atoms with E-state index in [1.54, 1.807) is 45.0 Å². The molecule has 0 aromatic heterocycles. The second-order valence-electron chi connectivity index (χ2n) is 33.0. The van der Waals surface area contributed by atoms with Crippen molar-refractivity contribution >= 4 is 76.6 Å². The monoisotopic (exact) mass is 1820 g/mol. The Bertz CT molecular complexity index is 5120. The fraction of sp³-hybridized carbons (Fsp3) is 0.472. The van der Waals surface area contributed by atoms with Crippen LogP contribution in [0.15, 0.2) is 97.1 Å². The molecule has 0 spiro atoms. The number of halogens is 2. The molecule has 7 aliphatic rings. The maximum Gasteiger partial charge on any atom is 0.295 e. The van der Waals surface area contributed by atoms with Crippen LogP contribution in [0.3, 0.4) is 0 Å². The van der Waals surface area contributed by atoms with Crippen molar-refractivity contribution in [3.8, 4) is 69.5 Å². The number of terminal acetylenes is 1. The molecule has 0 radical (unpaired) electrons. The fourth-order valence-electron chi connectivity index (χ4n) is 16.2. The van der Waals surface area contributed by atoms with Gasteiger partial charge in [-0.05, 0) is 147 Å². The van der Waals surface area contributed by atoms with Gasteiger partial charge in [0.1, 0.15) is 102 Å². The molecule has 7 heterocycles. The quantitative estimate of drug-likeness (QED) is 0.0182. The maximum atomic E-state index is 16.6. The van der Waals surface area contributed by atoms with Gasteiger partial charge in [0.05, 0.1) is 52.9 Å². The van der Waals surface area contributed by atoms with E-state index in [0.717, 1.165) is 54.1 Å². The minimum absolute atomic E-state index is 0.0105. The molecule has 128 heavy (non-hydrogen) atoms. The molecule has 2 saturated heterocycles. The topological polar surface area (TPSA) is 600 Å². The van der Waals surface area contributed by atoms with Crippen molar-refractivity contribution < 1.29 is 148 Å². The largest absolute Gasteiger partial charge is 0.507 e. The van der Waals surface area contributed by atoms with Gasteiger partial charge in [-0.1, -0.05) is 80.2 Å². The zero-order valence-corrected chi connectivity index (χ0v) is 71.6. The summed E-state index contributed by atoms with van der Waals surface area (Å²) >= 11 is 14.4. The molecule has 7 aliphatic heterocycles. The Kier molecular flexibility index (Phi) is 32.8. The third kappa shape index (κ3) is 22.5. The number of Topliss-reactive ketones (excluding diaryl/α,β-unsaturated/α-hetero) is 3. The van der Waals surface area contributed by atoms with Crippen LogP contribution < -0.4 is 51.8 Å². The Morgan fingerprint density at radius 3 is 2.01 bits per heavy atom. The smallest absolute Gasteiger partial charge is 0.295 e. The highest BCUT2D eigenvalue weighted by Crippen LogP contribution is 2.51. The van der Waals surface area contributed by atoms with Crippen molar-refractivity contribution in [2.24, 2.45) is 23.5 Å². The van der Waals surface area contributed by atoms with Gasteiger partial charge in [-0.2, -0.15) is 0 Å². The van der Waals surface area contributed by atoms with Gasteiger partial charge in [0.25, 0.3) is 6.47 Å². The lowest BCUT2D eigenvalue weighted by atomic mass is 9.84. The van der Waals surface area contributed by atoms with Crippen LogP contribution in [0.5, 0.6) is 46.0 Å². The number of aliphatic hydroxyl groups excluding tert-OH is 11. The zero-order chi connectivity index (χ0) is 93.2. The SMILES string of the molecule is C#Cc1ccc(CNC2(C)C[C@H](O[C@@H]3C(O)C(O)[C@@H](CO)O[C@H]3Oc3c4cc5cc3Oc3ccc(cc3Cl)[C@@H](O)[C@@H](NC(=O)[C@H](CC)CC(C)C)C(=O)C[C@@H](CC(N)=O)C(=O)N[C@H]5C(=O)C[C@@H]3C(=O)N[C@H](C(=O)N[C@H](OC=O)c5cc(O)c(CNCCCCC(=O)[C@H](O)[C@@H](O)[C@H](O)[C@H](O)CO)c(O)c5-c5cc3ccc5O)[C@H](O)c3ccc(c(Cl)c3)O4)O[C@@H](C)[C@H]2O)cc1. The van der Waals surface area contributed by atoms with Crippen LogP contribution in [0.1, 0.15) is 167 Å². The van der Waals surface area contributed by atoms with Gasteiger partial charge in [0.15, 0.2) is 41.2 Å². The number of aromatic hydroxyl groups is 3. The van der Waals surface area contributed by atoms with Crippen molar-refractivity contribution in [2.75, 3.05) is 19.8 Å². The first-order chi connectivity index (χ1) is 60.8. The summed E-state index contributed by atoms with van der Waals surface area (Å²) < 4.78 is 45.0. The Hall–Kier alpha value is -10.6. The van der Waals surface area contributed by atoms with Crippen LogP contribution in [0.2, 0.25) is 10.0 Å². The van der Waals surface area contributed by atoms with Gasteiger partial charge in [-0.15, -0.1) is 6.42 Å². The van der Waals surface area contributed by atoms with Gasteiger partial charge >= 0.3 is 0 Å². The van der Waals surface area contributed by atoms with Crippen molar-refractivity contribution in [3.63, 3.8) is 0 Å². The molecule has 11 bridgehead atoms. The number of carbonyl (C=O) groups excluding carboxylic acids is 9. The molecule has 690 valence electrons. The fourth-order valence-corrected chi connectivity index (χ4v) is 16.7. The number of unbranched alkanes of at least 4 members (excludes halogenated alkanes) is 1. The average Bonchev–Trinajstić information content (AvgIpc) is 0.754. The van der Waals surface area contributed by atoms with E-state index in [4.69, 9.17) is 68.5 Å². The number of amides is 5. The first-order valence-corrected chi connectivity index (χ1v) is 42.3. The summed E-state index contributed by atoms with van der Waals surface area (Å²) in [5, 5.41) is 174. The Morgan fingerprint density at radius 1 is 0.742 bits per heavy atom. The van der Waals surface area contributed by atoms with Crippen LogP contribution in [0, 0.1) is 30.1 Å². The van der Waals surface area contributed by atoms with E-state index >= 15 is 24.0 Å². The molecule has 0 saturated carbocycles. The normalized spacial score (nSPS) is 26.8. The predicted molar refractivity (Wildman–Crippen MR) is 451 cm³/mol. The molecule has 22 atom stereocenters. The first kappa shape index (κ1) is 98.1. The second kappa shape index (κ2) is 42.8. The summed E-state index contributed by atoms with van der Waals surface area (Å²) in [5.74, 6) is -16.2. The van der Waals surface area contributed by atoms with Crippen molar-refractivity contribution in [1.29, 1.82) is 0 Å². The van der Waals surface area contributed by atoms with Crippen LogP contribution >= 0.6 is 23.2 Å². The number of aliphatic hydroxyl groups is 11. The van der Waals surface area contributed by atoms with Crippen molar-refractivity contribution in [1.82, 2.24) is 31.9 Å². The lowest BCUT2D eigenvalue weighted by molar-refractivity contribution is -0.334. The van der Waals surface area contributed by atoms with Crippen LogP contribution in [0.4, 0.5) is 0 Å². The van der Waals surface area contributed by atoms with Gasteiger partial charge in [0.2, 0.25) is 47.8 Å². The highest BCUT2D eigenvalue weighted by Gasteiger charge is 2.53. The molecule has 22 N–H and O–H groups in total.